The molecule has 0 spiro atoms. The Hall–Kier alpha value is -2.72. The minimum Gasteiger partial charge on any atom is -0.507 e. The van der Waals surface area contributed by atoms with Crippen molar-refractivity contribution in [1.29, 1.82) is 0 Å². The first-order valence-corrected chi connectivity index (χ1v) is 9.87. The summed E-state index contributed by atoms with van der Waals surface area (Å²) in [5, 5.41) is 9.50. The molecule has 0 aromatic heterocycles. The standard InChI is InChI=1S/C17H18N2O6S2/c1-19(2)17(22)26-12-6-4-5-11(9-12)18-27(23,24)13-7-8-15(20)14(10-13)16(21)25-3/h4-10,18,20H,1-3H3. The molecule has 2 aromatic carbocycles. The monoisotopic (exact) mass is 410 g/mol. The highest BCUT2D eigenvalue weighted by Crippen LogP contribution is 2.27. The zero-order valence-corrected chi connectivity index (χ0v) is 16.4. The predicted octanol–water partition coefficient (Wildman–Crippen LogP) is 2.75. The molecule has 2 rings (SSSR count). The van der Waals surface area contributed by atoms with Crippen LogP contribution in [-0.2, 0) is 14.8 Å². The Balaban J connectivity index is 2.29. The molecule has 0 unspecified atom stereocenters. The maximum Gasteiger partial charge on any atom is 0.341 e. The maximum atomic E-state index is 12.6. The van der Waals surface area contributed by atoms with Crippen LogP contribution in [-0.4, -0.2) is 50.8 Å². The van der Waals surface area contributed by atoms with Gasteiger partial charge >= 0.3 is 5.97 Å². The van der Waals surface area contributed by atoms with Crippen molar-refractivity contribution in [3.05, 3.63) is 48.0 Å². The molecule has 0 aliphatic rings. The summed E-state index contributed by atoms with van der Waals surface area (Å²) in [5.41, 5.74) is -0.0134. The fourth-order valence-electron chi connectivity index (χ4n) is 1.99. The van der Waals surface area contributed by atoms with Crippen LogP contribution < -0.4 is 4.72 Å². The lowest BCUT2D eigenvalue weighted by Crippen LogP contribution is -2.16. The number of amides is 1. The summed E-state index contributed by atoms with van der Waals surface area (Å²) >= 11 is 0.957. The number of anilines is 1. The van der Waals surface area contributed by atoms with Crippen LogP contribution in [0.1, 0.15) is 10.4 Å². The average Bonchev–Trinajstić information content (AvgIpc) is 2.61. The van der Waals surface area contributed by atoms with Crippen molar-refractivity contribution in [2.45, 2.75) is 9.79 Å². The Bertz CT molecular complexity index is 973. The first-order valence-electron chi connectivity index (χ1n) is 7.57. The average molecular weight is 410 g/mol. The molecule has 0 bridgehead atoms. The van der Waals surface area contributed by atoms with E-state index < -0.39 is 16.0 Å². The highest BCUT2D eigenvalue weighted by molar-refractivity contribution is 8.13. The number of thioether (sulfide) groups is 1. The Kier molecular flexibility index (Phi) is 6.34. The van der Waals surface area contributed by atoms with Crippen LogP contribution in [0.15, 0.2) is 52.3 Å². The van der Waals surface area contributed by atoms with E-state index in [-0.39, 0.29) is 27.1 Å². The molecule has 0 heterocycles. The van der Waals surface area contributed by atoms with E-state index in [2.05, 4.69) is 9.46 Å². The molecule has 0 saturated heterocycles. The minimum absolute atomic E-state index is 0.198. The van der Waals surface area contributed by atoms with Gasteiger partial charge in [0.15, 0.2) is 0 Å². The Morgan fingerprint density at radius 2 is 1.85 bits per heavy atom. The van der Waals surface area contributed by atoms with Gasteiger partial charge in [-0.05, 0) is 48.2 Å². The SMILES string of the molecule is COC(=O)c1cc(S(=O)(=O)Nc2cccc(SC(=O)N(C)C)c2)ccc1O. The molecular formula is C17H18N2O6S2. The van der Waals surface area contributed by atoms with Crippen molar-refractivity contribution in [2.75, 3.05) is 25.9 Å². The Labute approximate surface area is 161 Å². The van der Waals surface area contributed by atoms with Gasteiger partial charge < -0.3 is 14.7 Å². The summed E-state index contributed by atoms with van der Waals surface area (Å²) in [6.45, 7) is 0. The number of hydrogen-bond acceptors (Lipinski definition) is 7. The molecule has 1 amide bonds. The number of methoxy groups -OCH3 is 1. The molecule has 27 heavy (non-hydrogen) atoms. The van der Waals surface area contributed by atoms with Crippen LogP contribution in [0.3, 0.4) is 0 Å². The van der Waals surface area contributed by atoms with Crippen molar-refractivity contribution in [3.8, 4) is 5.75 Å². The van der Waals surface area contributed by atoms with Crippen molar-refractivity contribution in [1.82, 2.24) is 4.90 Å². The fraction of sp³-hybridized carbons (Fsp3) is 0.176. The van der Waals surface area contributed by atoms with E-state index in [0.29, 0.717) is 4.90 Å². The Morgan fingerprint density at radius 1 is 1.15 bits per heavy atom. The minimum atomic E-state index is -4.03. The molecule has 0 aliphatic heterocycles. The molecule has 144 valence electrons. The Morgan fingerprint density at radius 3 is 2.48 bits per heavy atom. The number of phenols is 1. The third kappa shape index (κ3) is 5.14. The van der Waals surface area contributed by atoms with Gasteiger partial charge in [-0.15, -0.1) is 0 Å². The normalized spacial score (nSPS) is 10.9. The number of carbonyl (C=O) groups is 2. The molecule has 0 radical (unpaired) electrons. The van der Waals surface area contributed by atoms with E-state index in [1.165, 1.54) is 17.0 Å². The van der Waals surface area contributed by atoms with Crippen LogP contribution >= 0.6 is 11.8 Å². The van der Waals surface area contributed by atoms with E-state index in [1.807, 2.05) is 0 Å². The number of benzene rings is 2. The molecule has 2 N–H and O–H groups in total. The van der Waals surface area contributed by atoms with Crippen molar-refractivity contribution >= 4 is 38.7 Å². The van der Waals surface area contributed by atoms with E-state index >= 15 is 0 Å². The lowest BCUT2D eigenvalue weighted by Gasteiger charge is -2.12. The zero-order chi connectivity index (χ0) is 20.2. The van der Waals surface area contributed by atoms with Crippen molar-refractivity contribution < 1.29 is 27.9 Å². The number of carbonyl (C=O) groups excluding carboxylic acids is 2. The van der Waals surface area contributed by atoms with E-state index in [1.54, 1.807) is 26.2 Å². The number of ether oxygens (including phenoxy) is 1. The smallest absolute Gasteiger partial charge is 0.341 e. The zero-order valence-electron chi connectivity index (χ0n) is 14.8. The highest BCUT2D eigenvalue weighted by atomic mass is 32.2. The second-order valence-corrected chi connectivity index (χ2v) is 8.27. The van der Waals surface area contributed by atoms with Gasteiger partial charge in [-0.3, -0.25) is 9.52 Å². The summed E-state index contributed by atoms with van der Waals surface area (Å²) in [4.78, 5) is 25.2. The summed E-state index contributed by atoms with van der Waals surface area (Å²) in [5.74, 6) is -1.24. The van der Waals surface area contributed by atoms with Crippen LogP contribution in [0.5, 0.6) is 5.75 Å². The maximum absolute atomic E-state index is 12.6. The lowest BCUT2D eigenvalue weighted by atomic mass is 10.2. The molecule has 0 atom stereocenters. The molecule has 0 fully saturated rings. The van der Waals surface area contributed by atoms with Crippen LogP contribution in [0.4, 0.5) is 10.5 Å². The van der Waals surface area contributed by atoms with Gasteiger partial charge in [-0.2, -0.15) is 0 Å². The predicted molar refractivity (Wildman–Crippen MR) is 102 cm³/mol. The molecule has 8 nitrogen and oxygen atoms in total. The lowest BCUT2D eigenvalue weighted by molar-refractivity contribution is 0.0597. The van der Waals surface area contributed by atoms with E-state index in [0.717, 1.165) is 37.1 Å². The number of esters is 1. The molecule has 2 aromatic rings. The summed E-state index contributed by atoms with van der Waals surface area (Å²) in [7, 11) is 0.328. The second kappa shape index (κ2) is 8.31. The highest BCUT2D eigenvalue weighted by Gasteiger charge is 2.20. The molecule has 10 heteroatoms. The largest absolute Gasteiger partial charge is 0.507 e. The van der Waals surface area contributed by atoms with Gasteiger partial charge in [0.25, 0.3) is 15.3 Å². The number of rotatable bonds is 5. The quantitative estimate of drug-likeness (QED) is 0.575. The third-order valence-electron chi connectivity index (χ3n) is 3.34. The summed E-state index contributed by atoms with van der Waals surface area (Å²) in [6, 6.07) is 9.63. The van der Waals surface area contributed by atoms with Gasteiger partial charge in [0.1, 0.15) is 11.3 Å². The van der Waals surface area contributed by atoms with E-state index in [4.69, 9.17) is 0 Å². The number of nitrogens with one attached hydrogen (secondary N) is 1. The van der Waals surface area contributed by atoms with Gasteiger partial charge in [0, 0.05) is 24.7 Å². The van der Waals surface area contributed by atoms with Crippen molar-refractivity contribution in [2.24, 2.45) is 0 Å². The number of aromatic hydroxyl groups is 1. The fourth-order valence-corrected chi connectivity index (χ4v) is 3.78. The van der Waals surface area contributed by atoms with Crippen molar-refractivity contribution in [3.63, 3.8) is 0 Å². The number of hydrogen-bond donors (Lipinski definition) is 2. The summed E-state index contributed by atoms with van der Waals surface area (Å²) < 4.78 is 32.1. The van der Waals surface area contributed by atoms with Crippen LogP contribution in [0, 0.1) is 0 Å². The van der Waals surface area contributed by atoms with Gasteiger partial charge in [0.2, 0.25) is 0 Å². The van der Waals surface area contributed by atoms with Crippen LogP contribution in [0.25, 0.3) is 0 Å². The molecular weight excluding hydrogens is 392 g/mol. The van der Waals surface area contributed by atoms with E-state index in [9.17, 15) is 23.1 Å². The van der Waals surface area contributed by atoms with Gasteiger partial charge in [-0.25, -0.2) is 13.2 Å². The van der Waals surface area contributed by atoms with Crippen LogP contribution in [0.2, 0.25) is 0 Å². The summed E-state index contributed by atoms with van der Waals surface area (Å²) in [6.07, 6.45) is 0. The topological polar surface area (TPSA) is 113 Å². The van der Waals surface area contributed by atoms with Gasteiger partial charge in [-0.1, -0.05) is 6.07 Å². The third-order valence-corrected chi connectivity index (χ3v) is 5.75. The number of sulfonamides is 1. The first-order chi connectivity index (χ1) is 12.6. The molecule has 0 aliphatic carbocycles. The second-order valence-electron chi connectivity index (χ2n) is 5.57. The van der Waals surface area contributed by atoms with Gasteiger partial charge in [0.05, 0.1) is 12.0 Å². The number of phenolic OH excluding ortho intramolecular Hbond substituents is 1. The molecule has 0 saturated carbocycles. The number of nitrogens with zero attached hydrogens (tertiary/aromatic N) is 1. The first kappa shape index (κ1) is 20.6.